The van der Waals surface area contributed by atoms with Crippen molar-refractivity contribution in [1.82, 2.24) is 0 Å². The van der Waals surface area contributed by atoms with Gasteiger partial charge in [-0.15, -0.1) is 0 Å². The van der Waals surface area contributed by atoms with E-state index in [4.69, 9.17) is 5.73 Å². The highest BCUT2D eigenvalue weighted by Gasteiger charge is 2.08. The van der Waals surface area contributed by atoms with Crippen LogP contribution in [0.25, 0.3) is 10.8 Å². The Morgan fingerprint density at radius 3 is 2.65 bits per heavy atom. The molecule has 0 atom stereocenters. The SMILES string of the molecule is CO/N=C(\CCc1ccc2cc(F)ccc2c1)C(N)=O. The summed E-state index contributed by atoms with van der Waals surface area (Å²) in [5, 5.41) is 5.40. The molecule has 0 fully saturated rings. The first kappa shape index (κ1) is 14.0. The van der Waals surface area contributed by atoms with E-state index in [1.54, 1.807) is 6.07 Å². The van der Waals surface area contributed by atoms with Gasteiger partial charge in [0, 0.05) is 6.42 Å². The van der Waals surface area contributed by atoms with E-state index in [1.165, 1.54) is 19.2 Å². The minimum Gasteiger partial charge on any atom is -0.399 e. The van der Waals surface area contributed by atoms with Crippen molar-refractivity contribution in [2.45, 2.75) is 12.8 Å². The molecule has 0 aliphatic carbocycles. The summed E-state index contributed by atoms with van der Waals surface area (Å²) in [6, 6.07) is 10.3. The fourth-order valence-electron chi connectivity index (χ4n) is 2.01. The predicted molar refractivity (Wildman–Crippen MR) is 75.9 cm³/mol. The van der Waals surface area contributed by atoms with Crippen LogP contribution in [-0.2, 0) is 16.1 Å². The van der Waals surface area contributed by atoms with Crippen molar-refractivity contribution >= 4 is 22.4 Å². The van der Waals surface area contributed by atoms with E-state index in [9.17, 15) is 9.18 Å². The van der Waals surface area contributed by atoms with Gasteiger partial charge in [0.15, 0.2) is 0 Å². The van der Waals surface area contributed by atoms with Crippen LogP contribution < -0.4 is 5.73 Å². The number of fused-ring (bicyclic) bond motifs is 1. The molecule has 0 radical (unpaired) electrons. The van der Waals surface area contributed by atoms with Gasteiger partial charge in [-0.05, 0) is 34.9 Å². The van der Waals surface area contributed by atoms with Gasteiger partial charge in [0.25, 0.3) is 5.91 Å². The highest BCUT2D eigenvalue weighted by molar-refractivity contribution is 6.38. The molecule has 0 saturated heterocycles. The normalized spacial score (nSPS) is 11.6. The number of nitrogens with zero attached hydrogens (tertiary/aromatic N) is 1. The predicted octanol–water partition coefficient (Wildman–Crippen LogP) is 2.40. The van der Waals surface area contributed by atoms with Crippen LogP contribution in [0.5, 0.6) is 0 Å². The van der Waals surface area contributed by atoms with Gasteiger partial charge in [-0.1, -0.05) is 29.4 Å². The molecule has 0 aromatic heterocycles. The Morgan fingerprint density at radius 1 is 1.25 bits per heavy atom. The summed E-state index contributed by atoms with van der Waals surface area (Å²) < 4.78 is 13.1. The van der Waals surface area contributed by atoms with E-state index in [2.05, 4.69) is 9.99 Å². The van der Waals surface area contributed by atoms with E-state index in [0.717, 1.165) is 16.3 Å². The molecule has 0 spiro atoms. The van der Waals surface area contributed by atoms with E-state index in [0.29, 0.717) is 12.8 Å². The van der Waals surface area contributed by atoms with Gasteiger partial charge >= 0.3 is 0 Å². The Bertz CT molecular complexity index is 668. The maximum atomic E-state index is 13.1. The average molecular weight is 274 g/mol. The minimum absolute atomic E-state index is 0.201. The van der Waals surface area contributed by atoms with E-state index >= 15 is 0 Å². The molecule has 0 saturated carbocycles. The third kappa shape index (κ3) is 3.32. The number of nitrogens with two attached hydrogens (primary N) is 1. The van der Waals surface area contributed by atoms with E-state index in [1.807, 2.05) is 18.2 Å². The van der Waals surface area contributed by atoms with Crippen molar-refractivity contribution in [3.05, 3.63) is 47.8 Å². The van der Waals surface area contributed by atoms with Crippen molar-refractivity contribution < 1.29 is 14.0 Å². The van der Waals surface area contributed by atoms with E-state index < -0.39 is 5.91 Å². The summed E-state index contributed by atoms with van der Waals surface area (Å²) in [4.78, 5) is 15.7. The first-order chi connectivity index (χ1) is 9.60. The van der Waals surface area contributed by atoms with Crippen LogP contribution >= 0.6 is 0 Å². The summed E-state index contributed by atoms with van der Waals surface area (Å²) in [7, 11) is 1.37. The molecule has 2 N–H and O–H groups in total. The Morgan fingerprint density at radius 2 is 1.95 bits per heavy atom. The number of benzene rings is 2. The molecule has 20 heavy (non-hydrogen) atoms. The molecule has 4 nitrogen and oxygen atoms in total. The molecule has 104 valence electrons. The number of carbonyl (C=O) groups excluding carboxylic acids is 1. The van der Waals surface area contributed by atoms with Crippen LogP contribution in [0.15, 0.2) is 41.6 Å². The Balaban J connectivity index is 2.16. The van der Waals surface area contributed by atoms with E-state index in [-0.39, 0.29) is 11.5 Å². The molecule has 5 heteroatoms. The molecule has 1 amide bonds. The van der Waals surface area contributed by atoms with Crippen molar-refractivity contribution in [1.29, 1.82) is 0 Å². The average Bonchev–Trinajstić information content (AvgIpc) is 2.43. The first-order valence-corrected chi connectivity index (χ1v) is 6.18. The number of oxime groups is 1. The second kappa shape index (κ2) is 6.14. The largest absolute Gasteiger partial charge is 0.399 e. The van der Waals surface area contributed by atoms with Gasteiger partial charge in [0.1, 0.15) is 18.6 Å². The molecule has 2 aromatic rings. The van der Waals surface area contributed by atoms with Gasteiger partial charge in [0.2, 0.25) is 0 Å². The highest BCUT2D eigenvalue weighted by Crippen LogP contribution is 2.18. The maximum absolute atomic E-state index is 13.1. The van der Waals surface area contributed by atoms with Gasteiger partial charge in [-0.2, -0.15) is 0 Å². The fraction of sp³-hybridized carbons (Fsp3) is 0.200. The van der Waals surface area contributed by atoms with Crippen molar-refractivity contribution in [2.75, 3.05) is 7.11 Å². The molecule has 0 bridgehead atoms. The smallest absolute Gasteiger partial charge is 0.266 e. The lowest BCUT2D eigenvalue weighted by atomic mass is 10.0. The molecule has 0 unspecified atom stereocenters. The van der Waals surface area contributed by atoms with Gasteiger partial charge in [0.05, 0.1) is 0 Å². The van der Waals surface area contributed by atoms with Crippen LogP contribution in [0.3, 0.4) is 0 Å². The molecule has 0 aliphatic rings. The first-order valence-electron chi connectivity index (χ1n) is 6.18. The third-order valence-corrected chi connectivity index (χ3v) is 3.00. The molecular weight excluding hydrogens is 259 g/mol. The summed E-state index contributed by atoms with van der Waals surface area (Å²) in [5.41, 5.74) is 6.43. The van der Waals surface area contributed by atoms with Gasteiger partial charge in [-0.3, -0.25) is 4.79 Å². The molecule has 2 aromatic carbocycles. The molecule has 2 rings (SSSR count). The zero-order valence-electron chi connectivity index (χ0n) is 11.1. The zero-order valence-corrected chi connectivity index (χ0v) is 11.1. The van der Waals surface area contributed by atoms with Crippen LogP contribution in [0.2, 0.25) is 0 Å². The zero-order chi connectivity index (χ0) is 14.5. The highest BCUT2D eigenvalue weighted by atomic mass is 19.1. The summed E-state index contributed by atoms with van der Waals surface area (Å²) in [5.74, 6) is -0.844. The summed E-state index contributed by atoms with van der Waals surface area (Å²) in [6.07, 6.45) is 1.01. The molecule has 0 aliphatic heterocycles. The standard InChI is InChI=1S/C15H15FN2O2/c1-20-18-14(15(17)19)7-3-10-2-4-12-9-13(16)6-5-11(12)8-10/h2,4-6,8-9H,3,7H2,1H3,(H2,17,19)/b18-14+. The number of rotatable bonds is 5. The number of amides is 1. The van der Waals surface area contributed by atoms with Crippen LogP contribution in [0.4, 0.5) is 4.39 Å². The molecular formula is C15H15FN2O2. The second-order valence-corrected chi connectivity index (χ2v) is 4.41. The van der Waals surface area contributed by atoms with Crippen LogP contribution in [-0.4, -0.2) is 18.7 Å². The fourth-order valence-corrected chi connectivity index (χ4v) is 2.01. The lowest BCUT2D eigenvalue weighted by Gasteiger charge is -2.05. The van der Waals surface area contributed by atoms with Crippen LogP contribution in [0.1, 0.15) is 12.0 Å². The number of primary amides is 1. The Labute approximate surface area is 116 Å². The lowest BCUT2D eigenvalue weighted by molar-refractivity contribution is -0.112. The number of halogens is 1. The third-order valence-electron chi connectivity index (χ3n) is 3.00. The Kier molecular flexibility index (Phi) is 4.30. The van der Waals surface area contributed by atoms with Crippen molar-refractivity contribution in [2.24, 2.45) is 10.9 Å². The summed E-state index contributed by atoms with van der Waals surface area (Å²) in [6.45, 7) is 0. The second-order valence-electron chi connectivity index (χ2n) is 4.41. The Hall–Kier alpha value is -2.43. The maximum Gasteiger partial charge on any atom is 0.266 e. The quantitative estimate of drug-likeness (QED) is 0.672. The number of hydrogen-bond donors (Lipinski definition) is 1. The van der Waals surface area contributed by atoms with Crippen LogP contribution in [0, 0.1) is 5.82 Å². The monoisotopic (exact) mass is 274 g/mol. The number of hydrogen-bond acceptors (Lipinski definition) is 3. The topological polar surface area (TPSA) is 64.7 Å². The number of carbonyl (C=O) groups is 1. The minimum atomic E-state index is -0.588. The lowest BCUT2D eigenvalue weighted by Crippen LogP contribution is -2.24. The molecule has 0 heterocycles. The van der Waals surface area contributed by atoms with Crippen molar-refractivity contribution in [3.63, 3.8) is 0 Å². The van der Waals surface area contributed by atoms with Crippen molar-refractivity contribution in [3.8, 4) is 0 Å². The van der Waals surface area contributed by atoms with Gasteiger partial charge in [-0.25, -0.2) is 4.39 Å². The number of aryl methyl sites for hydroxylation is 1. The summed E-state index contributed by atoms with van der Waals surface area (Å²) >= 11 is 0. The van der Waals surface area contributed by atoms with Gasteiger partial charge < -0.3 is 10.6 Å².